The van der Waals surface area contributed by atoms with E-state index in [1.807, 2.05) is 0 Å². The Balaban J connectivity index is 2.02. The molecule has 3 rings (SSSR count). The van der Waals surface area contributed by atoms with Crippen LogP contribution in [0.2, 0.25) is 0 Å². The lowest BCUT2D eigenvalue weighted by Gasteiger charge is -2.44. The third-order valence-electron chi connectivity index (χ3n) is 6.62. The van der Waals surface area contributed by atoms with E-state index < -0.39 is 105 Å². The van der Waals surface area contributed by atoms with E-state index in [2.05, 4.69) is 12.7 Å². The first kappa shape index (κ1) is 32.6. The van der Waals surface area contributed by atoms with Crippen LogP contribution >= 0.6 is 0 Å². The number of hydrogen-bond acceptors (Lipinski definition) is 15. The Morgan fingerprint density at radius 1 is 0.923 bits per heavy atom. The van der Waals surface area contributed by atoms with Crippen LogP contribution in [-0.2, 0) is 78.2 Å². The van der Waals surface area contributed by atoms with Gasteiger partial charge in [-0.3, -0.25) is 13.7 Å². The monoisotopic (exact) mass is 632 g/mol. The number of ether oxygens (including phenoxy) is 5. The lowest BCUT2D eigenvalue weighted by atomic mass is 9.97. The van der Waals surface area contributed by atoms with Crippen LogP contribution in [0.25, 0.3) is 0 Å². The lowest BCUT2D eigenvalue weighted by Crippen LogP contribution is -2.61. The van der Waals surface area contributed by atoms with Crippen molar-refractivity contribution in [2.75, 3.05) is 14.2 Å². The first-order valence-electron chi connectivity index (χ1n) is 11.0. The van der Waals surface area contributed by atoms with Crippen molar-refractivity contribution in [3.63, 3.8) is 0 Å². The third kappa shape index (κ3) is 7.28. The quantitative estimate of drug-likeness (QED) is 0.0774. The second-order valence-corrected chi connectivity index (χ2v) is 11.5. The zero-order valence-electron chi connectivity index (χ0n) is 20.6. The molecule has 22 heteroatoms. The number of rotatable bonds is 13. The molecule has 0 amide bonds. The van der Waals surface area contributed by atoms with Gasteiger partial charge in [0.05, 0.1) is 11.7 Å². The molecule has 0 aromatic heterocycles. The van der Waals surface area contributed by atoms with Crippen molar-refractivity contribution in [1.29, 1.82) is 0 Å². The molecule has 228 valence electrons. The van der Waals surface area contributed by atoms with Gasteiger partial charge < -0.3 is 28.8 Å². The van der Waals surface area contributed by atoms with Gasteiger partial charge in [-0.2, -0.15) is 21.0 Å². The van der Waals surface area contributed by atoms with Crippen LogP contribution in [0.5, 0.6) is 0 Å². The number of carbonyl (C=O) groups is 1. The van der Waals surface area contributed by atoms with Crippen LogP contribution in [0, 0.1) is 11.8 Å². The summed E-state index contributed by atoms with van der Waals surface area (Å²) in [6.07, 6.45) is -12.5. The maximum absolute atomic E-state index is 11.9. The normalized spacial score (nSPS) is 41.5. The molecule has 12 atom stereocenters. The molecule has 0 spiro atoms. The van der Waals surface area contributed by atoms with Crippen LogP contribution in [0.1, 0.15) is 20.3 Å². The summed E-state index contributed by atoms with van der Waals surface area (Å²) in [7, 11) is -8.16. The summed E-state index contributed by atoms with van der Waals surface area (Å²) in [4.78, 5) is 16.8. The molecular weight excluding hydrogens is 604 g/mol. The summed E-state index contributed by atoms with van der Waals surface area (Å²) < 4.78 is 126. The summed E-state index contributed by atoms with van der Waals surface area (Å²) >= 11 is -3.01. The smallest absolute Gasteiger partial charge is 0.397 e. The van der Waals surface area contributed by atoms with Crippen molar-refractivity contribution >= 4 is 38.1 Å². The minimum Gasteiger partial charge on any atom is -0.479 e. The van der Waals surface area contributed by atoms with Gasteiger partial charge in [-0.25, -0.2) is 18.0 Å². The molecule has 0 aromatic carbocycles. The Kier molecular flexibility index (Phi) is 10.1. The fraction of sp³-hybridized carbons (Fsp3) is 0.941. The molecule has 0 radical (unpaired) electrons. The second-order valence-electron chi connectivity index (χ2n) is 8.83. The Labute approximate surface area is 225 Å². The van der Waals surface area contributed by atoms with Gasteiger partial charge in [0.2, 0.25) is 0 Å². The van der Waals surface area contributed by atoms with Crippen molar-refractivity contribution in [3.8, 4) is 0 Å². The molecule has 1 saturated carbocycles. The highest BCUT2D eigenvalue weighted by Crippen LogP contribution is 2.62. The second kappa shape index (κ2) is 12.1. The van der Waals surface area contributed by atoms with Gasteiger partial charge in [0.15, 0.2) is 30.9 Å². The fourth-order valence-corrected chi connectivity index (χ4v) is 6.25. The number of hydrogen-bond donors (Lipinski definition) is 4. The number of carboxylic acid groups (broad SMARTS) is 1. The first-order valence-corrected chi connectivity index (χ1v) is 14.8. The predicted molar refractivity (Wildman–Crippen MR) is 119 cm³/mol. The molecule has 6 unspecified atom stereocenters. The van der Waals surface area contributed by atoms with Crippen LogP contribution in [0.15, 0.2) is 0 Å². The average Bonchev–Trinajstić information content (AvgIpc) is 3.41. The zero-order chi connectivity index (χ0) is 29.5. The molecule has 4 N–H and O–H groups in total. The van der Waals surface area contributed by atoms with Crippen LogP contribution in [-0.4, -0.2) is 115 Å². The summed E-state index contributed by atoms with van der Waals surface area (Å²) in [5, 5.41) is 9.70. The first-order chi connectivity index (χ1) is 18.0. The van der Waals surface area contributed by atoms with Gasteiger partial charge in [0.1, 0.15) is 12.2 Å². The Morgan fingerprint density at radius 2 is 1.51 bits per heavy atom. The van der Waals surface area contributed by atoms with Gasteiger partial charge in [-0.15, -0.1) is 4.33 Å². The number of aliphatic carboxylic acids is 1. The zero-order valence-corrected chi connectivity index (χ0v) is 23.1. The maximum Gasteiger partial charge on any atom is 0.397 e. The van der Waals surface area contributed by atoms with Crippen molar-refractivity contribution in [3.05, 3.63) is 0 Å². The van der Waals surface area contributed by atoms with Crippen molar-refractivity contribution in [2.45, 2.75) is 75.1 Å². The van der Waals surface area contributed by atoms with Crippen LogP contribution in [0.3, 0.4) is 0 Å². The highest BCUT2D eigenvalue weighted by molar-refractivity contribution is 7.81. The van der Waals surface area contributed by atoms with Crippen LogP contribution in [0.4, 0.5) is 0 Å². The maximum atomic E-state index is 11.9. The summed E-state index contributed by atoms with van der Waals surface area (Å²) in [5.74, 6) is -3.84. The Bertz CT molecular complexity index is 1130. The van der Waals surface area contributed by atoms with Crippen molar-refractivity contribution in [1.82, 2.24) is 0 Å². The van der Waals surface area contributed by atoms with E-state index in [9.17, 15) is 40.1 Å². The van der Waals surface area contributed by atoms with E-state index in [0.717, 1.165) is 7.11 Å². The molecule has 3 fully saturated rings. The van der Waals surface area contributed by atoms with E-state index in [1.54, 1.807) is 6.92 Å². The molecule has 39 heavy (non-hydrogen) atoms. The summed E-state index contributed by atoms with van der Waals surface area (Å²) in [6, 6.07) is 0. The number of methoxy groups -OCH3 is 2. The standard InChI is InChI=1S/C17H28O19S3/c1-5-6-9(28-3)12(33-36-37(20)21)13(35-39(25,26)27)16(30-6)32-17(2)7-8(17)11(34-38(22,23)24)15(29-4)31-10(7)14(18)19/h6-13,15-16H,5H2,1-4H3,(H,18,19)(H,20,21)(H,22,23,24)(H,25,26,27)/t6?,7-,8-,9+,10?,11?,12-,13?,15-,16-,17?/m0/s1. The highest BCUT2D eigenvalue weighted by Gasteiger charge is 2.76. The summed E-state index contributed by atoms with van der Waals surface area (Å²) in [6.45, 7) is 2.91. The van der Waals surface area contributed by atoms with E-state index in [4.69, 9.17) is 33.1 Å². The molecule has 0 aromatic rings. The molecule has 2 aliphatic heterocycles. The molecular formula is C17H28O19S3. The molecule has 1 aliphatic carbocycles. The van der Waals surface area contributed by atoms with Crippen LogP contribution < -0.4 is 0 Å². The minimum absolute atomic E-state index is 0.156. The van der Waals surface area contributed by atoms with Gasteiger partial charge in [0.25, 0.3) is 0 Å². The molecule has 0 bridgehead atoms. The van der Waals surface area contributed by atoms with E-state index in [1.165, 1.54) is 14.0 Å². The predicted octanol–water partition coefficient (Wildman–Crippen LogP) is -1.56. The lowest BCUT2D eigenvalue weighted by molar-refractivity contribution is -0.364. The van der Waals surface area contributed by atoms with E-state index in [-0.39, 0.29) is 6.42 Å². The van der Waals surface area contributed by atoms with Gasteiger partial charge in [0, 0.05) is 26.1 Å². The van der Waals surface area contributed by atoms with Gasteiger partial charge >= 0.3 is 38.1 Å². The highest BCUT2D eigenvalue weighted by atomic mass is 32.3. The SMILES string of the molecule is CCC1O[C@@H](OC2(C)[C@@H]3C(C(=O)O)O[C@H](OC)C(OS(=O)(=O)O)[C@H]32)C(OS(=O)(=O)O)[C@@H](OOS(=O)O)[C@@H]1OC. The average molecular weight is 633 g/mol. The fourth-order valence-electron chi connectivity index (χ4n) is 5.12. The summed E-state index contributed by atoms with van der Waals surface area (Å²) in [5.41, 5.74) is -1.74. The third-order valence-corrected chi connectivity index (χ3v) is 7.74. The Morgan fingerprint density at radius 3 is 1.97 bits per heavy atom. The van der Waals surface area contributed by atoms with Crippen molar-refractivity contribution in [2.24, 2.45) is 11.8 Å². The van der Waals surface area contributed by atoms with Crippen molar-refractivity contribution < 1.29 is 85.9 Å². The molecule has 3 aliphatic rings. The molecule has 19 nitrogen and oxygen atoms in total. The largest absolute Gasteiger partial charge is 0.479 e. The van der Waals surface area contributed by atoms with E-state index >= 15 is 0 Å². The van der Waals surface area contributed by atoms with Gasteiger partial charge in [-0.05, 0) is 13.3 Å². The molecule has 2 heterocycles. The topological polar surface area (TPSA) is 266 Å². The van der Waals surface area contributed by atoms with Gasteiger partial charge in [-0.1, -0.05) is 6.92 Å². The molecule has 2 saturated heterocycles. The Hall–Kier alpha value is -0.960. The number of carboxylic acids is 1. The number of fused-ring (bicyclic) bond motifs is 1. The minimum atomic E-state index is -5.28. The van der Waals surface area contributed by atoms with E-state index in [0.29, 0.717) is 0 Å².